The maximum Gasteiger partial charge on any atom is 0.215 e. The first-order chi connectivity index (χ1) is 7.08. The van der Waals surface area contributed by atoms with E-state index in [1.54, 1.807) is 7.11 Å². The Bertz CT molecular complexity index is 238. The summed E-state index contributed by atoms with van der Waals surface area (Å²) in [5.74, 6) is 0. The molecule has 0 heterocycles. The van der Waals surface area contributed by atoms with Crippen molar-refractivity contribution < 1.29 is 13.2 Å². The highest BCUT2D eigenvalue weighted by Gasteiger charge is 2.20. The molecule has 0 saturated heterocycles. The minimum absolute atomic E-state index is 0.171. The third kappa shape index (κ3) is 6.09. The average Bonchev–Trinajstić information content (AvgIpc) is 2.18. The fourth-order valence-corrected chi connectivity index (χ4v) is 2.57. The summed E-state index contributed by atoms with van der Waals surface area (Å²) in [6.45, 7) is 3.11. The summed E-state index contributed by atoms with van der Waals surface area (Å²) in [6, 6.07) is 0. The van der Waals surface area contributed by atoms with Crippen molar-refractivity contribution in [2.24, 2.45) is 5.73 Å². The molecule has 0 aromatic heterocycles. The van der Waals surface area contributed by atoms with Gasteiger partial charge in [0, 0.05) is 26.8 Å². The lowest BCUT2D eigenvalue weighted by Gasteiger charge is -2.14. The van der Waals surface area contributed by atoms with Gasteiger partial charge < -0.3 is 10.5 Å². The molecule has 0 fully saturated rings. The van der Waals surface area contributed by atoms with Crippen LogP contribution in [-0.2, 0) is 14.8 Å². The van der Waals surface area contributed by atoms with Crippen LogP contribution in [0.3, 0.4) is 0 Å². The first-order valence-corrected chi connectivity index (χ1v) is 6.80. The summed E-state index contributed by atoms with van der Waals surface area (Å²) in [6.07, 6.45) is 2.19. The normalized spacial score (nSPS) is 14.1. The molecule has 15 heavy (non-hydrogen) atoms. The molecule has 0 saturated carbocycles. The van der Waals surface area contributed by atoms with Crippen LogP contribution in [-0.4, -0.2) is 40.5 Å². The molecule has 3 N–H and O–H groups in total. The Morgan fingerprint density at radius 1 is 1.40 bits per heavy atom. The molecule has 0 aromatic rings. The van der Waals surface area contributed by atoms with E-state index in [-0.39, 0.29) is 6.54 Å². The molecule has 0 aliphatic rings. The third-order valence-corrected chi connectivity index (χ3v) is 4.25. The molecule has 0 aliphatic carbocycles. The molecule has 0 amide bonds. The smallest absolute Gasteiger partial charge is 0.215 e. The predicted molar refractivity (Wildman–Crippen MR) is 61.2 cm³/mol. The van der Waals surface area contributed by atoms with Gasteiger partial charge in [-0.15, -0.1) is 0 Å². The molecule has 1 atom stereocenters. The van der Waals surface area contributed by atoms with Gasteiger partial charge in [0.05, 0.1) is 5.25 Å². The summed E-state index contributed by atoms with van der Waals surface area (Å²) < 4.78 is 30.6. The molecule has 0 rings (SSSR count). The summed E-state index contributed by atoms with van der Waals surface area (Å²) in [5.41, 5.74) is 5.38. The van der Waals surface area contributed by atoms with Gasteiger partial charge in [0.25, 0.3) is 0 Å². The van der Waals surface area contributed by atoms with Crippen molar-refractivity contribution in [2.45, 2.75) is 31.4 Å². The second-order valence-corrected chi connectivity index (χ2v) is 5.45. The van der Waals surface area contributed by atoms with Crippen LogP contribution >= 0.6 is 0 Å². The second-order valence-electron chi connectivity index (χ2n) is 3.41. The van der Waals surface area contributed by atoms with E-state index in [4.69, 9.17) is 10.5 Å². The number of sulfonamides is 1. The maximum absolute atomic E-state index is 11.6. The summed E-state index contributed by atoms with van der Waals surface area (Å²) >= 11 is 0. The van der Waals surface area contributed by atoms with E-state index in [1.165, 1.54) is 0 Å². The summed E-state index contributed by atoms with van der Waals surface area (Å²) in [4.78, 5) is 0. The minimum Gasteiger partial charge on any atom is -0.385 e. The zero-order chi connectivity index (χ0) is 11.7. The Morgan fingerprint density at radius 3 is 2.53 bits per heavy atom. The number of unbranched alkanes of at least 4 members (excludes halogenated alkanes) is 1. The number of nitrogens with one attached hydrogen (secondary N) is 1. The van der Waals surface area contributed by atoms with Crippen LogP contribution in [0, 0.1) is 0 Å². The summed E-state index contributed by atoms with van der Waals surface area (Å²) in [5, 5.41) is -0.472. The quantitative estimate of drug-likeness (QED) is 0.557. The van der Waals surface area contributed by atoms with Crippen molar-refractivity contribution in [1.29, 1.82) is 0 Å². The Hall–Kier alpha value is -0.170. The topological polar surface area (TPSA) is 81.4 Å². The van der Waals surface area contributed by atoms with Crippen LogP contribution in [0.15, 0.2) is 0 Å². The molecule has 5 nitrogen and oxygen atoms in total. The molecular weight excluding hydrogens is 216 g/mol. The zero-order valence-electron chi connectivity index (χ0n) is 9.53. The number of nitrogens with two attached hydrogens (primary N) is 1. The Balaban J connectivity index is 3.83. The van der Waals surface area contributed by atoms with Gasteiger partial charge in [0.2, 0.25) is 10.0 Å². The summed E-state index contributed by atoms with van der Waals surface area (Å²) in [7, 11) is -1.59. The number of hydrogen-bond donors (Lipinski definition) is 2. The first kappa shape index (κ1) is 14.8. The van der Waals surface area contributed by atoms with E-state index >= 15 is 0 Å². The highest BCUT2D eigenvalue weighted by Crippen LogP contribution is 2.02. The fraction of sp³-hybridized carbons (Fsp3) is 1.00. The van der Waals surface area contributed by atoms with E-state index in [9.17, 15) is 8.42 Å². The lowest BCUT2D eigenvalue weighted by molar-refractivity contribution is 0.193. The standard InChI is InChI=1S/C9H22N2O3S/c1-3-9(8-10)15(12,13)11-6-4-5-7-14-2/h9,11H,3-8,10H2,1-2H3. The van der Waals surface area contributed by atoms with Gasteiger partial charge in [-0.25, -0.2) is 13.1 Å². The van der Waals surface area contributed by atoms with E-state index < -0.39 is 15.3 Å². The van der Waals surface area contributed by atoms with E-state index in [0.29, 0.717) is 19.6 Å². The Morgan fingerprint density at radius 2 is 2.07 bits per heavy atom. The van der Waals surface area contributed by atoms with E-state index in [0.717, 1.165) is 12.8 Å². The largest absolute Gasteiger partial charge is 0.385 e. The SMILES string of the molecule is CCC(CN)S(=O)(=O)NCCCCOC. The Labute approximate surface area is 92.4 Å². The van der Waals surface area contributed by atoms with Crippen molar-refractivity contribution in [3.8, 4) is 0 Å². The van der Waals surface area contributed by atoms with Crippen LogP contribution < -0.4 is 10.5 Å². The van der Waals surface area contributed by atoms with Gasteiger partial charge in [0.1, 0.15) is 0 Å². The van der Waals surface area contributed by atoms with Gasteiger partial charge in [-0.1, -0.05) is 6.92 Å². The molecule has 0 aromatic carbocycles. The molecule has 0 aliphatic heterocycles. The third-order valence-electron chi connectivity index (χ3n) is 2.24. The molecule has 92 valence electrons. The van der Waals surface area contributed by atoms with Crippen LogP contribution in [0.25, 0.3) is 0 Å². The number of methoxy groups -OCH3 is 1. The van der Waals surface area contributed by atoms with Crippen molar-refractivity contribution in [2.75, 3.05) is 26.8 Å². The van der Waals surface area contributed by atoms with Gasteiger partial charge in [-0.05, 0) is 19.3 Å². The molecule has 0 radical (unpaired) electrons. The van der Waals surface area contributed by atoms with Crippen molar-refractivity contribution >= 4 is 10.0 Å². The fourth-order valence-electron chi connectivity index (χ4n) is 1.22. The molecule has 0 bridgehead atoms. The van der Waals surface area contributed by atoms with Crippen LogP contribution in [0.2, 0.25) is 0 Å². The zero-order valence-corrected chi connectivity index (χ0v) is 10.3. The molecule has 0 spiro atoms. The highest BCUT2D eigenvalue weighted by atomic mass is 32.2. The van der Waals surface area contributed by atoms with Crippen LogP contribution in [0.1, 0.15) is 26.2 Å². The van der Waals surface area contributed by atoms with Gasteiger partial charge >= 0.3 is 0 Å². The van der Waals surface area contributed by atoms with Crippen molar-refractivity contribution in [1.82, 2.24) is 4.72 Å². The maximum atomic E-state index is 11.6. The van der Waals surface area contributed by atoms with Crippen LogP contribution in [0.5, 0.6) is 0 Å². The first-order valence-electron chi connectivity index (χ1n) is 5.26. The minimum atomic E-state index is -3.23. The monoisotopic (exact) mass is 238 g/mol. The molecule has 1 unspecified atom stereocenters. The lowest BCUT2D eigenvalue weighted by Crippen LogP contribution is -2.39. The van der Waals surface area contributed by atoms with E-state index in [1.807, 2.05) is 6.92 Å². The van der Waals surface area contributed by atoms with Gasteiger partial charge in [0.15, 0.2) is 0 Å². The lowest BCUT2D eigenvalue weighted by atomic mass is 10.3. The number of hydrogen-bond acceptors (Lipinski definition) is 4. The molecule has 6 heteroatoms. The van der Waals surface area contributed by atoms with Crippen molar-refractivity contribution in [3.05, 3.63) is 0 Å². The van der Waals surface area contributed by atoms with Gasteiger partial charge in [-0.3, -0.25) is 0 Å². The molecular formula is C9H22N2O3S. The van der Waals surface area contributed by atoms with Crippen molar-refractivity contribution in [3.63, 3.8) is 0 Å². The number of ether oxygens (including phenoxy) is 1. The van der Waals surface area contributed by atoms with E-state index in [2.05, 4.69) is 4.72 Å². The highest BCUT2D eigenvalue weighted by molar-refractivity contribution is 7.90. The van der Waals surface area contributed by atoms with Crippen LogP contribution in [0.4, 0.5) is 0 Å². The number of rotatable bonds is 9. The Kier molecular flexibility index (Phi) is 7.95. The van der Waals surface area contributed by atoms with Gasteiger partial charge in [-0.2, -0.15) is 0 Å². The second kappa shape index (κ2) is 8.04. The average molecular weight is 238 g/mol. The predicted octanol–water partition coefficient (Wildman–Crippen LogP) is 0.0697.